The second-order valence-electron chi connectivity index (χ2n) is 6.67. The zero-order valence-corrected chi connectivity index (χ0v) is 16.6. The summed E-state index contributed by atoms with van der Waals surface area (Å²) >= 11 is 0. The number of rotatable bonds is 11. The first-order valence-electron chi connectivity index (χ1n) is 8.17. The highest BCUT2D eigenvalue weighted by atomic mass is 32.1. The van der Waals surface area contributed by atoms with Crippen LogP contribution >= 0.6 is 27.0 Å². The molecule has 142 valence electrons. The molecule has 6 nitrogen and oxygen atoms in total. The molecule has 0 heterocycles. The van der Waals surface area contributed by atoms with Crippen LogP contribution in [0.4, 0.5) is 0 Å². The molecule has 24 heavy (non-hydrogen) atoms. The number of primary amides is 1. The number of nitrogens with one attached hydrogen (secondary N) is 1. The van der Waals surface area contributed by atoms with E-state index in [2.05, 4.69) is 5.32 Å². The van der Waals surface area contributed by atoms with Crippen LogP contribution in [0.1, 0.15) is 52.4 Å². The van der Waals surface area contributed by atoms with Crippen LogP contribution in [0.3, 0.4) is 0 Å². The molecule has 0 aromatic rings. The van der Waals surface area contributed by atoms with E-state index in [0.29, 0.717) is 25.8 Å². The largest absolute Gasteiger partial charge is 0.369 e. The van der Waals surface area contributed by atoms with Crippen molar-refractivity contribution in [3.8, 4) is 0 Å². The summed E-state index contributed by atoms with van der Waals surface area (Å²) in [6.07, 6.45) is 3.63. The van der Waals surface area contributed by atoms with Crippen LogP contribution in [0, 0.1) is 17.8 Å². The highest BCUT2D eigenvalue weighted by Gasteiger charge is 2.33. The molecule has 0 aromatic heterocycles. The lowest BCUT2D eigenvalue weighted by Gasteiger charge is -2.21. The van der Waals surface area contributed by atoms with Crippen molar-refractivity contribution < 1.29 is 14.4 Å². The van der Waals surface area contributed by atoms with Crippen LogP contribution in [-0.4, -0.2) is 30.2 Å². The number of Topliss-reactive ketones (excluding diaryl/α,β-unsaturated/α-hetero) is 1. The second-order valence-corrected chi connectivity index (χ2v) is 6.67. The Kier molecular flexibility index (Phi) is 13.4. The molecule has 1 aliphatic rings. The van der Waals surface area contributed by atoms with Crippen LogP contribution in [-0.2, 0) is 14.4 Å². The van der Waals surface area contributed by atoms with E-state index in [1.165, 1.54) is 0 Å². The number of carbonyl (C=O) groups is 3. The average molecular weight is 380 g/mol. The summed E-state index contributed by atoms with van der Waals surface area (Å²) in [5.74, 6) is -0.759. The van der Waals surface area contributed by atoms with Crippen molar-refractivity contribution in [1.82, 2.24) is 5.32 Å². The van der Waals surface area contributed by atoms with Crippen molar-refractivity contribution in [3.05, 3.63) is 0 Å². The van der Waals surface area contributed by atoms with Gasteiger partial charge in [-0.1, -0.05) is 13.8 Å². The molecule has 0 unspecified atom stereocenters. The second kappa shape index (κ2) is 12.6. The lowest BCUT2D eigenvalue weighted by atomic mass is 9.89. The molecular formula is C16H33N3O3S2. The van der Waals surface area contributed by atoms with Gasteiger partial charge in [-0.3, -0.25) is 14.4 Å². The molecule has 0 radical (unpaired) electrons. The minimum absolute atomic E-state index is 0. The molecule has 5 N–H and O–H groups in total. The van der Waals surface area contributed by atoms with Gasteiger partial charge in [0.2, 0.25) is 11.8 Å². The first kappa shape index (κ1) is 25.5. The maximum Gasteiger partial charge on any atom is 0.223 e. The minimum atomic E-state index is -0.550. The Balaban J connectivity index is 0. The van der Waals surface area contributed by atoms with Gasteiger partial charge in [-0.15, -0.1) is 0 Å². The summed E-state index contributed by atoms with van der Waals surface area (Å²) in [7, 11) is 0. The molecule has 0 saturated heterocycles. The number of hydrogen-bond acceptors (Lipinski definition) is 4. The fraction of sp³-hybridized carbons (Fsp3) is 0.812. The third-order valence-corrected chi connectivity index (χ3v) is 3.96. The van der Waals surface area contributed by atoms with Gasteiger partial charge in [-0.2, -0.15) is 27.0 Å². The highest BCUT2D eigenvalue weighted by Crippen LogP contribution is 2.29. The topological polar surface area (TPSA) is 115 Å². The van der Waals surface area contributed by atoms with Crippen molar-refractivity contribution in [2.24, 2.45) is 29.2 Å². The van der Waals surface area contributed by atoms with Gasteiger partial charge in [0.05, 0.1) is 6.04 Å². The minimum Gasteiger partial charge on any atom is -0.369 e. The van der Waals surface area contributed by atoms with E-state index >= 15 is 0 Å². The van der Waals surface area contributed by atoms with Gasteiger partial charge < -0.3 is 16.8 Å². The Morgan fingerprint density at radius 3 is 2.17 bits per heavy atom. The smallest absolute Gasteiger partial charge is 0.223 e. The maximum atomic E-state index is 12.5. The van der Waals surface area contributed by atoms with Crippen molar-refractivity contribution in [2.45, 2.75) is 58.4 Å². The fourth-order valence-corrected chi connectivity index (χ4v) is 2.52. The molecule has 1 aliphatic carbocycles. The highest BCUT2D eigenvalue weighted by molar-refractivity contribution is 7.59. The molecule has 1 fully saturated rings. The molecule has 0 aliphatic heterocycles. The van der Waals surface area contributed by atoms with Crippen molar-refractivity contribution in [1.29, 1.82) is 0 Å². The van der Waals surface area contributed by atoms with E-state index in [-0.39, 0.29) is 56.9 Å². The molecule has 0 bridgehead atoms. The number of carbonyl (C=O) groups excluding carboxylic acids is 3. The monoisotopic (exact) mass is 379 g/mol. The van der Waals surface area contributed by atoms with E-state index in [1.807, 2.05) is 13.8 Å². The molecular weight excluding hydrogens is 346 g/mol. The molecule has 8 heteroatoms. The van der Waals surface area contributed by atoms with E-state index in [0.717, 1.165) is 12.8 Å². The average Bonchev–Trinajstić information content (AvgIpc) is 3.26. The van der Waals surface area contributed by atoms with Gasteiger partial charge in [-0.05, 0) is 44.6 Å². The van der Waals surface area contributed by atoms with Crippen LogP contribution in [0.5, 0.6) is 0 Å². The third kappa shape index (κ3) is 9.54. The first-order valence-corrected chi connectivity index (χ1v) is 8.17. The summed E-state index contributed by atoms with van der Waals surface area (Å²) in [5, 5.41) is 2.81. The Morgan fingerprint density at radius 2 is 1.75 bits per heavy atom. The Labute approximate surface area is 158 Å². The molecule has 2 amide bonds. The summed E-state index contributed by atoms with van der Waals surface area (Å²) < 4.78 is 0. The summed E-state index contributed by atoms with van der Waals surface area (Å²) in [4.78, 5) is 35.9. The van der Waals surface area contributed by atoms with Gasteiger partial charge in [0.15, 0.2) is 5.78 Å². The normalized spacial score (nSPS) is 15.7. The number of amides is 2. The number of hydrogen-bond donors (Lipinski definition) is 3. The van der Waals surface area contributed by atoms with Crippen LogP contribution in [0.15, 0.2) is 0 Å². The molecule has 2 atom stereocenters. The van der Waals surface area contributed by atoms with Gasteiger partial charge in [0, 0.05) is 18.3 Å². The third-order valence-electron chi connectivity index (χ3n) is 3.96. The van der Waals surface area contributed by atoms with Crippen molar-refractivity contribution >= 4 is 44.6 Å². The number of ketones is 1. The SMILES string of the molecule is CC(C)C[C@H](CC(=O)[C@H](CCCN)NC(=O)C1CC1)C(N)=O.S.S. The predicted molar refractivity (Wildman–Crippen MR) is 105 cm³/mol. The van der Waals surface area contributed by atoms with Crippen LogP contribution < -0.4 is 16.8 Å². The standard InChI is InChI=1S/C16H29N3O3.2H2S/c1-10(2)8-12(15(18)21)9-14(20)13(4-3-7-17)19-16(22)11-5-6-11;;/h10-13H,3-9,17H2,1-2H3,(H2,18,21)(H,19,22);2*1H2/t12-,13+;;/m1../s1. The lowest BCUT2D eigenvalue weighted by molar-refractivity contribution is -0.131. The zero-order valence-electron chi connectivity index (χ0n) is 14.6. The molecule has 0 aromatic carbocycles. The molecule has 0 spiro atoms. The van der Waals surface area contributed by atoms with Crippen molar-refractivity contribution in [2.75, 3.05) is 6.54 Å². The number of nitrogens with two attached hydrogens (primary N) is 2. The first-order chi connectivity index (χ1) is 10.3. The quantitative estimate of drug-likeness (QED) is 0.496. The maximum absolute atomic E-state index is 12.5. The molecule has 1 rings (SSSR count). The van der Waals surface area contributed by atoms with Crippen LogP contribution in [0.2, 0.25) is 0 Å². The zero-order chi connectivity index (χ0) is 16.7. The molecule has 1 saturated carbocycles. The van der Waals surface area contributed by atoms with E-state index in [9.17, 15) is 14.4 Å². The van der Waals surface area contributed by atoms with Gasteiger partial charge in [0.1, 0.15) is 0 Å². The lowest BCUT2D eigenvalue weighted by Crippen LogP contribution is -2.43. The summed E-state index contributed by atoms with van der Waals surface area (Å²) in [6, 6.07) is -0.550. The van der Waals surface area contributed by atoms with Gasteiger partial charge >= 0.3 is 0 Å². The Morgan fingerprint density at radius 1 is 1.17 bits per heavy atom. The van der Waals surface area contributed by atoms with E-state index in [1.54, 1.807) is 0 Å². The summed E-state index contributed by atoms with van der Waals surface area (Å²) in [5.41, 5.74) is 10.9. The van der Waals surface area contributed by atoms with E-state index < -0.39 is 17.9 Å². The van der Waals surface area contributed by atoms with Gasteiger partial charge in [0.25, 0.3) is 0 Å². The Hall–Kier alpha value is -0.730. The van der Waals surface area contributed by atoms with Crippen LogP contribution in [0.25, 0.3) is 0 Å². The summed E-state index contributed by atoms with van der Waals surface area (Å²) in [6.45, 7) is 4.44. The Bertz CT molecular complexity index is 415. The predicted octanol–water partition coefficient (Wildman–Crippen LogP) is 0.952. The van der Waals surface area contributed by atoms with Crippen molar-refractivity contribution in [3.63, 3.8) is 0 Å². The fourth-order valence-electron chi connectivity index (χ4n) is 2.52. The van der Waals surface area contributed by atoms with Gasteiger partial charge in [-0.25, -0.2) is 0 Å². The van der Waals surface area contributed by atoms with E-state index in [4.69, 9.17) is 11.5 Å².